The number of aromatic nitrogens is 2. The third kappa shape index (κ3) is 4.96. The number of sulfone groups is 1. The van der Waals surface area contributed by atoms with Crippen LogP contribution >= 0.6 is 11.8 Å². The first-order chi connectivity index (χ1) is 13.8. The highest BCUT2D eigenvalue weighted by molar-refractivity contribution is 7.99. The number of hydrogen-bond donors (Lipinski definition) is 2. The molecule has 2 N–H and O–H groups in total. The van der Waals surface area contributed by atoms with Gasteiger partial charge in [0.1, 0.15) is 21.0 Å². The van der Waals surface area contributed by atoms with E-state index in [9.17, 15) is 22.0 Å². The number of nitrogens with one attached hydrogen (secondary N) is 2. The Morgan fingerprint density at radius 2 is 1.80 bits per heavy atom. The van der Waals surface area contributed by atoms with Gasteiger partial charge < -0.3 is 10.3 Å². The zero-order valence-electron chi connectivity index (χ0n) is 15.8. The van der Waals surface area contributed by atoms with Gasteiger partial charge in [-0.25, -0.2) is 22.2 Å². The van der Waals surface area contributed by atoms with E-state index in [1.165, 1.54) is 17.8 Å². The van der Waals surface area contributed by atoms with Gasteiger partial charge in [-0.2, -0.15) is 11.8 Å². The van der Waals surface area contributed by atoms with Crippen LogP contribution in [0.2, 0.25) is 0 Å². The highest BCUT2D eigenvalue weighted by Gasteiger charge is 2.25. The Balaban J connectivity index is 0.00000256. The molecular weight excluding hydrogens is 432 g/mol. The molecule has 166 valence electrons. The van der Waals surface area contributed by atoms with E-state index in [1.807, 2.05) is 0 Å². The first-order valence-corrected chi connectivity index (χ1v) is 12.7. The second-order valence-electron chi connectivity index (χ2n) is 7.75. The molecule has 2 aromatic rings. The van der Waals surface area contributed by atoms with Crippen molar-refractivity contribution in [2.24, 2.45) is 0 Å². The van der Waals surface area contributed by atoms with Crippen LogP contribution in [0.25, 0.3) is 10.9 Å². The number of hydrogen-bond acceptors (Lipinski definition) is 6. The molecule has 4 rings (SSSR count). The third-order valence-electron chi connectivity index (χ3n) is 5.60. The van der Waals surface area contributed by atoms with Gasteiger partial charge in [-0.15, -0.1) is 0 Å². The van der Waals surface area contributed by atoms with Gasteiger partial charge in [0.25, 0.3) is 5.56 Å². The van der Waals surface area contributed by atoms with E-state index in [2.05, 4.69) is 15.3 Å². The summed E-state index contributed by atoms with van der Waals surface area (Å²) in [5, 5.41) is 2.84. The molecule has 2 aliphatic rings. The van der Waals surface area contributed by atoms with Crippen LogP contribution in [-0.4, -0.2) is 41.2 Å². The summed E-state index contributed by atoms with van der Waals surface area (Å²) in [6.45, 7) is 0. The van der Waals surface area contributed by atoms with Crippen LogP contribution in [0.4, 0.5) is 14.5 Å². The number of anilines is 1. The van der Waals surface area contributed by atoms with Crippen LogP contribution in [0.3, 0.4) is 0 Å². The SMILES string of the molecule is C.O=c1[nH]c(CSC2CCS(=O)(=O)CC2)nc2cc(NC3CCCC3)c(F)c(F)c12. The van der Waals surface area contributed by atoms with Crippen LogP contribution in [0.15, 0.2) is 10.9 Å². The predicted octanol–water partition coefficient (Wildman–Crippen LogP) is 4.00. The number of halogens is 2. The van der Waals surface area contributed by atoms with Crippen molar-refractivity contribution < 1.29 is 17.2 Å². The Morgan fingerprint density at radius 1 is 1.13 bits per heavy atom. The molecule has 0 atom stereocenters. The van der Waals surface area contributed by atoms with Crippen molar-refractivity contribution in [1.29, 1.82) is 0 Å². The van der Waals surface area contributed by atoms with Gasteiger partial charge >= 0.3 is 0 Å². The lowest BCUT2D eigenvalue weighted by molar-refractivity contribution is 0.516. The zero-order valence-corrected chi connectivity index (χ0v) is 17.5. The maximum absolute atomic E-state index is 14.5. The Labute approximate surface area is 179 Å². The maximum atomic E-state index is 14.5. The molecular formula is C20H27F2N3O3S2. The molecule has 1 saturated carbocycles. The first kappa shape index (κ1) is 23.0. The van der Waals surface area contributed by atoms with Crippen LogP contribution < -0.4 is 10.9 Å². The summed E-state index contributed by atoms with van der Waals surface area (Å²) in [5.74, 6) is -1.14. The highest BCUT2D eigenvalue weighted by Crippen LogP contribution is 2.30. The van der Waals surface area contributed by atoms with E-state index in [4.69, 9.17) is 0 Å². The molecule has 0 radical (unpaired) electrons. The van der Waals surface area contributed by atoms with Crippen LogP contribution in [0, 0.1) is 11.6 Å². The fourth-order valence-electron chi connectivity index (χ4n) is 3.98. The van der Waals surface area contributed by atoms with Gasteiger partial charge in [-0.3, -0.25) is 4.79 Å². The summed E-state index contributed by atoms with van der Waals surface area (Å²) in [6, 6.07) is 1.50. The van der Waals surface area contributed by atoms with Crippen molar-refractivity contribution in [2.75, 3.05) is 16.8 Å². The lowest BCUT2D eigenvalue weighted by Gasteiger charge is -2.21. The Hall–Kier alpha value is -1.68. The van der Waals surface area contributed by atoms with Crippen molar-refractivity contribution in [2.45, 2.75) is 63.0 Å². The van der Waals surface area contributed by atoms with Gasteiger partial charge in [0.15, 0.2) is 11.6 Å². The van der Waals surface area contributed by atoms with Gasteiger partial charge in [0.2, 0.25) is 0 Å². The van der Waals surface area contributed by atoms with Gasteiger partial charge in [0, 0.05) is 11.3 Å². The molecule has 1 aromatic heterocycles. The molecule has 0 bridgehead atoms. The van der Waals surface area contributed by atoms with Crippen molar-refractivity contribution in [1.82, 2.24) is 9.97 Å². The highest BCUT2D eigenvalue weighted by atomic mass is 32.2. The van der Waals surface area contributed by atoms with E-state index in [0.717, 1.165) is 25.7 Å². The number of thioether (sulfide) groups is 1. The minimum Gasteiger partial charge on any atom is -0.380 e. The fourth-order valence-corrected chi connectivity index (χ4v) is 6.87. The van der Waals surface area contributed by atoms with E-state index in [0.29, 0.717) is 24.4 Å². The number of rotatable bonds is 5. The van der Waals surface area contributed by atoms with Crippen LogP contribution in [0.1, 0.15) is 51.8 Å². The molecule has 0 spiro atoms. The molecule has 1 aliphatic heterocycles. The third-order valence-corrected chi connectivity index (χ3v) is 8.70. The second-order valence-corrected chi connectivity index (χ2v) is 11.3. The number of benzene rings is 1. The van der Waals surface area contributed by atoms with E-state index in [1.54, 1.807) is 0 Å². The minimum absolute atomic E-state index is 0. The van der Waals surface area contributed by atoms with Crippen molar-refractivity contribution >= 4 is 38.2 Å². The number of nitrogens with zero attached hydrogens (tertiary/aromatic N) is 1. The maximum Gasteiger partial charge on any atom is 0.261 e. The first-order valence-electron chi connectivity index (χ1n) is 9.82. The molecule has 2 fully saturated rings. The lowest BCUT2D eigenvalue weighted by atomic mass is 10.1. The van der Waals surface area contributed by atoms with E-state index in [-0.39, 0.29) is 46.8 Å². The van der Waals surface area contributed by atoms with Crippen molar-refractivity contribution in [3.8, 4) is 0 Å². The summed E-state index contributed by atoms with van der Waals surface area (Å²) in [7, 11) is -2.93. The van der Waals surface area contributed by atoms with Crippen molar-refractivity contribution in [3.63, 3.8) is 0 Å². The predicted molar refractivity (Wildman–Crippen MR) is 118 cm³/mol. The van der Waals surface area contributed by atoms with E-state index >= 15 is 0 Å². The van der Waals surface area contributed by atoms with Gasteiger partial charge in [-0.1, -0.05) is 20.3 Å². The summed E-state index contributed by atoms with van der Waals surface area (Å²) < 4.78 is 52.1. The topological polar surface area (TPSA) is 91.9 Å². The lowest BCUT2D eigenvalue weighted by Crippen LogP contribution is -2.25. The number of aromatic amines is 1. The summed E-state index contributed by atoms with van der Waals surface area (Å²) in [5.41, 5.74) is -0.549. The summed E-state index contributed by atoms with van der Waals surface area (Å²) in [4.78, 5) is 19.2. The average Bonchev–Trinajstić information content (AvgIpc) is 3.18. The Morgan fingerprint density at radius 3 is 2.47 bits per heavy atom. The molecule has 1 saturated heterocycles. The molecule has 2 heterocycles. The normalized spacial score (nSPS) is 19.7. The molecule has 30 heavy (non-hydrogen) atoms. The zero-order chi connectivity index (χ0) is 20.6. The van der Waals surface area contributed by atoms with E-state index < -0.39 is 27.0 Å². The summed E-state index contributed by atoms with van der Waals surface area (Å²) in [6.07, 6.45) is 5.05. The number of H-pyrrole nitrogens is 1. The molecule has 1 aromatic carbocycles. The molecule has 6 nitrogen and oxygen atoms in total. The molecule has 10 heteroatoms. The summed E-state index contributed by atoms with van der Waals surface area (Å²) >= 11 is 1.53. The Bertz CT molecular complexity index is 1070. The van der Waals surface area contributed by atoms with Gasteiger partial charge in [0.05, 0.1) is 28.5 Å². The second kappa shape index (κ2) is 9.21. The smallest absolute Gasteiger partial charge is 0.261 e. The quantitative estimate of drug-likeness (QED) is 0.702. The van der Waals surface area contributed by atoms with Crippen LogP contribution in [-0.2, 0) is 15.6 Å². The molecule has 1 aliphatic carbocycles. The standard InChI is InChI=1S/C19H23F2N3O3S2.CH4/c20-17-14(22-11-3-1-2-4-11)9-13-16(18(17)21)19(25)24-15(23-13)10-28-12-5-7-29(26,27)8-6-12;/h9,11-12,22H,1-8,10H2,(H,23,24,25);1H4. The largest absolute Gasteiger partial charge is 0.380 e. The van der Waals surface area contributed by atoms with Crippen molar-refractivity contribution in [3.05, 3.63) is 33.9 Å². The number of fused-ring (bicyclic) bond motifs is 1. The monoisotopic (exact) mass is 459 g/mol. The Kier molecular flexibility index (Phi) is 7.06. The minimum atomic E-state index is -2.93. The van der Waals surface area contributed by atoms with Crippen LogP contribution in [0.5, 0.6) is 0 Å². The van der Waals surface area contributed by atoms with Gasteiger partial charge in [-0.05, 0) is 31.7 Å². The molecule has 0 unspecified atom stereocenters. The average molecular weight is 460 g/mol. The fraction of sp³-hybridized carbons (Fsp3) is 0.600. The molecule has 0 amide bonds.